The molecule has 2 atom stereocenters. The number of rotatable bonds is 5. The fourth-order valence-corrected chi connectivity index (χ4v) is 5.00. The van der Waals surface area contributed by atoms with Crippen LogP contribution in [-0.2, 0) is 6.42 Å². The number of fused-ring (bicyclic) bond motifs is 1. The van der Waals surface area contributed by atoms with E-state index in [1.807, 2.05) is 23.2 Å². The zero-order valence-corrected chi connectivity index (χ0v) is 17.4. The van der Waals surface area contributed by atoms with Gasteiger partial charge in [0.25, 0.3) is 5.91 Å². The second-order valence-corrected chi connectivity index (χ2v) is 8.83. The molecule has 1 aromatic carbocycles. The fraction of sp³-hybridized carbons (Fsp3) is 0.583. The second kappa shape index (κ2) is 8.60. The number of nitrogens with zero attached hydrogens (tertiary/aromatic N) is 3. The Morgan fingerprint density at radius 1 is 1.14 bits per heavy atom. The molecule has 4 rings (SSSR count). The summed E-state index contributed by atoms with van der Waals surface area (Å²) in [6.45, 7) is 9.01. The van der Waals surface area contributed by atoms with E-state index < -0.39 is 0 Å². The van der Waals surface area contributed by atoms with Crippen LogP contribution in [0.1, 0.15) is 61.9 Å². The van der Waals surface area contributed by atoms with Crippen LogP contribution in [0.15, 0.2) is 30.5 Å². The second-order valence-electron chi connectivity index (χ2n) is 8.83. The van der Waals surface area contributed by atoms with Crippen LogP contribution in [0.4, 0.5) is 0 Å². The Hall–Kier alpha value is -1.94. The zero-order valence-electron chi connectivity index (χ0n) is 17.4. The smallest absolute Gasteiger partial charge is 0.256 e. The predicted octanol–water partition coefficient (Wildman–Crippen LogP) is 4.52. The van der Waals surface area contributed by atoms with E-state index in [1.165, 1.54) is 37.9 Å². The summed E-state index contributed by atoms with van der Waals surface area (Å²) in [6.07, 6.45) is 9.18. The van der Waals surface area contributed by atoms with Gasteiger partial charge < -0.3 is 9.80 Å². The van der Waals surface area contributed by atoms with Gasteiger partial charge >= 0.3 is 0 Å². The molecule has 2 aliphatic heterocycles. The monoisotopic (exact) mass is 379 g/mol. The van der Waals surface area contributed by atoms with Crippen LogP contribution in [0.3, 0.4) is 0 Å². The van der Waals surface area contributed by atoms with Crippen LogP contribution in [0, 0.1) is 5.92 Å². The molecule has 2 fully saturated rings. The summed E-state index contributed by atoms with van der Waals surface area (Å²) >= 11 is 0. The molecule has 150 valence electrons. The van der Waals surface area contributed by atoms with Crippen molar-refractivity contribution >= 4 is 16.8 Å². The Balaban J connectivity index is 1.56. The number of carbonyl (C=O) groups is 1. The highest BCUT2D eigenvalue weighted by Gasteiger charge is 2.27. The first-order valence-corrected chi connectivity index (χ1v) is 11.0. The Morgan fingerprint density at radius 3 is 2.71 bits per heavy atom. The number of amides is 1. The lowest BCUT2D eigenvalue weighted by Gasteiger charge is -2.29. The fourth-order valence-electron chi connectivity index (χ4n) is 5.00. The van der Waals surface area contributed by atoms with Gasteiger partial charge in [-0.3, -0.25) is 9.78 Å². The minimum atomic E-state index is 0.140. The summed E-state index contributed by atoms with van der Waals surface area (Å²) < 4.78 is 0. The average Bonchev–Trinajstić information content (AvgIpc) is 3.14. The van der Waals surface area contributed by atoms with Crippen LogP contribution in [-0.4, -0.2) is 52.9 Å². The van der Waals surface area contributed by atoms with Gasteiger partial charge in [-0.25, -0.2) is 0 Å². The molecule has 0 radical (unpaired) electrons. The van der Waals surface area contributed by atoms with E-state index in [0.29, 0.717) is 12.0 Å². The van der Waals surface area contributed by atoms with E-state index in [4.69, 9.17) is 0 Å². The van der Waals surface area contributed by atoms with E-state index in [9.17, 15) is 4.79 Å². The molecule has 0 aliphatic carbocycles. The number of piperidine rings is 1. The van der Waals surface area contributed by atoms with Crippen LogP contribution in [0.25, 0.3) is 10.9 Å². The Kier molecular flexibility index (Phi) is 5.96. The van der Waals surface area contributed by atoms with Crippen LogP contribution in [0.2, 0.25) is 0 Å². The molecular formula is C24H33N3O. The lowest BCUT2D eigenvalue weighted by molar-refractivity contribution is 0.0749. The first-order chi connectivity index (χ1) is 13.6. The first kappa shape index (κ1) is 19.4. The summed E-state index contributed by atoms with van der Waals surface area (Å²) in [5.74, 6) is 0.739. The largest absolute Gasteiger partial charge is 0.336 e. The van der Waals surface area contributed by atoms with Gasteiger partial charge in [-0.15, -0.1) is 0 Å². The highest BCUT2D eigenvalue weighted by molar-refractivity contribution is 6.06. The van der Waals surface area contributed by atoms with Gasteiger partial charge in [0, 0.05) is 30.7 Å². The molecule has 1 aromatic heterocycles. The van der Waals surface area contributed by atoms with E-state index >= 15 is 0 Å². The number of hydrogen-bond donors (Lipinski definition) is 0. The van der Waals surface area contributed by atoms with E-state index in [2.05, 4.69) is 35.9 Å². The quantitative estimate of drug-likeness (QED) is 0.766. The van der Waals surface area contributed by atoms with Crippen molar-refractivity contribution in [3.63, 3.8) is 0 Å². The summed E-state index contributed by atoms with van der Waals surface area (Å²) in [6, 6.07) is 8.58. The van der Waals surface area contributed by atoms with Crippen molar-refractivity contribution in [2.45, 2.75) is 58.4 Å². The van der Waals surface area contributed by atoms with Gasteiger partial charge in [0.1, 0.15) is 0 Å². The molecule has 0 spiro atoms. The molecule has 2 aromatic rings. The highest BCUT2D eigenvalue weighted by atomic mass is 16.2. The number of hydrogen-bond acceptors (Lipinski definition) is 3. The standard InChI is InChI=1S/C24H33N3O/c1-18(17-26-13-4-3-5-14-26)16-20-11-12-25-23-21(20)9-6-10-22(23)24(28)27-15-7-8-19(27)2/h6,9-12,18-19H,3-5,7-8,13-17H2,1-2H3/t18-,19+/m1/s1. The molecule has 1 amide bonds. The van der Waals surface area contributed by atoms with Gasteiger partial charge in [0.2, 0.25) is 0 Å². The first-order valence-electron chi connectivity index (χ1n) is 11.0. The molecule has 4 heteroatoms. The normalized spacial score (nSPS) is 21.9. The molecule has 0 N–H and O–H groups in total. The van der Waals surface area contributed by atoms with Crippen molar-refractivity contribution in [2.75, 3.05) is 26.2 Å². The van der Waals surface area contributed by atoms with Gasteiger partial charge in [-0.1, -0.05) is 25.5 Å². The van der Waals surface area contributed by atoms with E-state index in [0.717, 1.165) is 48.8 Å². The molecule has 2 saturated heterocycles. The third kappa shape index (κ3) is 4.07. The zero-order chi connectivity index (χ0) is 19.5. The van der Waals surface area contributed by atoms with Gasteiger partial charge in [-0.2, -0.15) is 0 Å². The van der Waals surface area contributed by atoms with Gasteiger partial charge in [0.15, 0.2) is 0 Å². The highest BCUT2D eigenvalue weighted by Crippen LogP contribution is 2.26. The van der Waals surface area contributed by atoms with E-state index in [-0.39, 0.29) is 5.91 Å². The van der Waals surface area contributed by atoms with Gasteiger partial charge in [-0.05, 0) is 75.7 Å². The maximum atomic E-state index is 13.1. The molecule has 0 saturated carbocycles. The minimum Gasteiger partial charge on any atom is -0.336 e. The third-order valence-corrected chi connectivity index (χ3v) is 6.49. The average molecular weight is 380 g/mol. The molecular weight excluding hydrogens is 346 g/mol. The third-order valence-electron chi connectivity index (χ3n) is 6.49. The topological polar surface area (TPSA) is 36.4 Å². The number of aromatic nitrogens is 1. The SMILES string of the molecule is C[C@H](Cc1ccnc2c(C(=O)N3CCC[C@@H]3C)cccc12)CN1CCCCC1. The van der Waals surface area contributed by atoms with Crippen molar-refractivity contribution in [3.8, 4) is 0 Å². The Bertz CT molecular complexity index is 828. The number of likely N-dealkylation sites (tertiary alicyclic amines) is 2. The maximum absolute atomic E-state index is 13.1. The summed E-state index contributed by atoms with van der Waals surface area (Å²) in [7, 11) is 0. The molecule has 4 nitrogen and oxygen atoms in total. The molecule has 3 heterocycles. The van der Waals surface area contributed by atoms with Crippen molar-refractivity contribution in [2.24, 2.45) is 5.92 Å². The van der Waals surface area contributed by atoms with Crippen LogP contribution < -0.4 is 0 Å². The number of pyridine rings is 1. The van der Waals surface area contributed by atoms with Crippen molar-refractivity contribution in [1.29, 1.82) is 0 Å². The Morgan fingerprint density at radius 2 is 1.96 bits per heavy atom. The van der Waals surface area contributed by atoms with E-state index in [1.54, 1.807) is 0 Å². The molecule has 0 unspecified atom stereocenters. The minimum absolute atomic E-state index is 0.140. The summed E-state index contributed by atoms with van der Waals surface area (Å²) in [5.41, 5.74) is 2.95. The number of carbonyl (C=O) groups excluding carboxylic acids is 1. The lowest BCUT2D eigenvalue weighted by atomic mass is 9.95. The van der Waals surface area contributed by atoms with Crippen molar-refractivity contribution < 1.29 is 4.79 Å². The summed E-state index contributed by atoms with van der Waals surface area (Å²) in [5, 5.41) is 1.14. The lowest BCUT2D eigenvalue weighted by Crippen LogP contribution is -2.34. The molecule has 0 bridgehead atoms. The maximum Gasteiger partial charge on any atom is 0.256 e. The van der Waals surface area contributed by atoms with Crippen molar-refractivity contribution in [3.05, 3.63) is 41.6 Å². The van der Waals surface area contributed by atoms with Gasteiger partial charge in [0.05, 0.1) is 11.1 Å². The molecule has 2 aliphatic rings. The number of benzene rings is 1. The number of para-hydroxylation sites is 1. The summed E-state index contributed by atoms with van der Waals surface area (Å²) in [4.78, 5) is 22.4. The van der Waals surface area contributed by atoms with Crippen molar-refractivity contribution in [1.82, 2.24) is 14.8 Å². The van der Waals surface area contributed by atoms with Crippen LogP contribution >= 0.6 is 0 Å². The predicted molar refractivity (Wildman–Crippen MR) is 115 cm³/mol. The molecule has 28 heavy (non-hydrogen) atoms. The van der Waals surface area contributed by atoms with Crippen LogP contribution in [0.5, 0.6) is 0 Å². The Labute approximate surface area is 168 Å².